The Balaban J connectivity index is 1.87. The third-order valence-corrected chi connectivity index (χ3v) is 4.35. The maximum absolute atomic E-state index is 12.7. The molecule has 31 heavy (non-hydrogen) atoms. The average molecular weight is 454 g/mol. The van der Waals surface area contributed by atoms with Gasteiger partial charge in [0.25, 0.3) is 5.91 Å². The Hall–Kier alpha value is -3.54. The highest BCUT2D eigenvalue weighted by molar-refractivity contribution is 6.31. The van der Waals surface area contributed by atoms with Gasteiger partial charge in [0.05, 0.1) is 11.4 Å². The molecule has 0 bridgehead atoms. The fraction of sp³-hybridized carbons (Fsp3) is 0.0526. The Morgan fingerprint density at radius 3 is 2.35 bits per heavy atom. The number of nitrogens with two attached hydrogens (primary N) is 2. The highest BCUT2D eigenvalue weighted by atomic mass is 35.5. The number of benzene rings is 3. The van der Waals surface area contributed by atoms with E-state index in [1.54, 1.807) is 0 Å². The van der Waals surface area contributed by atoms with Crippen molar-refractivity contribution in [2.24, 2.45) is 11.7 Å². The second kappa shape index (κ2) is 8.68. The molecule has 3 amide bonds. The molecule has 0 aliphatic carbocycles. The first kappa shape index (κ1) is 22.2. The van der Waals surface area contributed by atoms with Gasteiger partial charge in [-0.05, 0) is 53.2 Å². The molecule has 0 aromatic heterocycles. The first-order valence-electron chi connectivity index (χ1n) is 8.53. The SMILES string of the molecule is NNC(=O)N(N)c1cc(Cl)ccc1NC(=O)c1ccc2cc(OC(F)(F)F)ccc2c1. The lowest BCUT2D eigenvalue weighted by Crippen LogP contribution is -2.48. The minimum atomic E-state index is -4.80. The molecular formula is C19H15ClF3N5O3. The largest absolute Gasteiger partial charge is 0.573 e. The van der Waals surface area contributed by atoms with Crippen molar-refractivity contribution < 1.29 is 27.5 Å². The Labute approximate surface area is 178 Å². The lowest BCUT2D eigenvalue weighted by atomic mass is 10.1. The monoisotopic (exact) mass is 453 g/mol. The topological polar surface area (TPSA) is 123 Å². The summed E-state index contributed by atoms with van der Waals surface area (Å²) < 4.78 is 41.0. The normalized spacial score (nSPS) is 11.2. The van der Waals surface area contributed by atoms with Crippen LogP contribution in [0.25, 0.3) is 10.8 Å². The number of ether oxygens (including phenoxy) is 1. The third kappa shape index (κ3) is 5.34. The van der Waals surface area contributed by atoms with Gasteiger partial charge in [-0.2, -0.15) is 0 Å². The van der Waals surface area contributed by atoms with Crippen LogP contribution in [-0.4, -0.2) is 18.3 Å². The zero-order valence-electron chi connectivity index (χ0n) is 15.5. The minimum Gasteiger partial charge on any atom is -0.406 e. The number of hydrogen-bond acceptors (Lipinski definition) is 5. The molecule has 8 nitrogen and oxygen atoms in total. The summed E-state index contributed by atoms with van der Waals surface area (Å²) in [5.41, 5.74) is 2.33. The number of carbonyl (C=O) groups is 2. The second-order valence-electron chi connectivity index (χ2n) is 6.21. The molecule has 0 aliphatic rings. The summed E-state index contributed by atoms with van der Waals surface area (Å²) in [5.74, 6) is 9.86. The summed E-state index contributed by atoms with van der Waals surface area (Å²) in [6.45, 7) is 0. The van der Waals surface area contributed by atoms with E-state index in [4.69, 9.17) is 23.3 Å². The Bertz CT molecular complexity index is 1160. The average Bonchev–Trinajstić information content (AvgIpc) is 2.72. The van der Waals surface area contributed by atoms with Gasteiger partial charge in [-0.3, -0.25) is 10.2 Å². The Morgan fingerprint density at radius 2 is 1.68 bits per heavy atom. The molecule has 0 unspecified atom stereocenters. The molecule has 6 N–H and O–H groups in total. The van der Waals surface area contributed by atoms with Crippen molar-refractivity contribution in [1.82, 2.24) is 5.43 Å². The van der Waals surface area contributed by atoms with E-state index in [1.165, 1.54) is 48.5 Å². The number of amides is 3. The molecule has 0 atom stereocenters. The van der Waals surface area contributed by atoms with Crippen LogP contribution < -0.4 is 32.2 Å². The van der Waals surface area contributed by atoms with Gasteiger partial charge in [-0.1, -0.05) is 23.7 Å². The maximum atomic E-state index is 12.7. The first-order valence-corrected chi connectivity index (χ1v) is 8.91. The van der Waals surface area contributed by atoms with Crippen molar-refractivity contribution in [3.05, 3.63) is 65.2 Å². The lowest BCUT2D eigenvalue weighted by molar-refractivity contribution is -0.274. The number of fused-ring (bicyclic) bond motifs is 1. The number of halogens is 4. The van der Waals surface area contributed by atoms with Gasteiger partial charge in [0.2, 0.25) is 0 Å². The molecule has 0 heterocycles. The van der Waals surface area contributed by atoms with Crippen molar-refractivity contribution in [3.63, 3.8) is 0 Å². The van der Waals surface area contributed by atoms with Crippen molar-refractivity contribution in [2.45, 2.75) is 6.36 Å². The summed E-state index contributed by atoms with van der Waals surface area (Å²) in [6.07, 6.45) is -4.80. The van der Waals surface area contributed by atoms with Crippen molar-refractivity contribution >= 4 is 45.7 Å². The number of anilines is 2. The van der Waals surface area contributed by atoms with Crippen LogP contribution in [0.1, 0.15) is 10.4 Å². The van der Waals surface area contributed by atoms with Crippen LogP contribution in [0.3, 0.4) is 0 Å². The van der Waals surface area contributed by atoms with E-state index >= 15 is 0 Å². The number of hydrogen-bond donors (Lipinski definition) is 4. The Kier molecular flexibility index (Phi) is 6.20. The number of nitrogens with one attached hydrogen (secondary N) is 2. The molecule has 0 saturated carbocycles. The third-order valence-electron chi connectivity index (χ3n) is 4.12. The van der Waals surface area contributed by atoms with E-state index in [1.807, 2.05) is 5.43 Å². The van der Waals surface area contributed by atoms with Gasteiger partial charge in [0.15, 0.2) is 0 Å². The van der Waals surface area contributed by atoms with Gasteiger partial charge in [-0.25, -0.2) is 21.5 Å². The summed E-state index contributed by atoms with van der Waals surface area (Å²) in [7, 11) is 0. The highest BCUT2D eigenvalue weighted by Crippen LogP contribution is 2.30. The number of hydrazine groups is 2. The predicted octanol–water partition coefficient (Wildman–Crippen LogP) is 3.91. The summed E-state index contributed by atoms with van der Waals surface area (Å²) in [6, 6.07) is 11.6. The smallest absolute Gasteiger partial charge is 0.406 e. The van der Waals surface area contributed by atoms with E-state index < -0.39 is 18.3 Å². The minimum absolute atomic E-state index is 0.0820. The van der Waals surface area contributed by atoms with Gasteiger partial charge >= 0.3 is 12.4 Å². The van der Waals surface area contributed by atoms with Gasteiger partial charge in [-0.15, -0.1) is 13.2 Å². The van der Waals surface area contributed by atoms with E-state index in [9.17, 15) is 22.8 Å². The molecule has 0 saturated heterocycles. The predicted molar refractivity (Wildman–Crippen MR) is 109 cm³/mol. The Morgan fingerprint density at radius 1 is 1.00 bits per heavy atom. The summed E-state index contributed by atoms with van der Waals surface area (Å²) >= 11 is 5.94. The first-order chi connectivity index (χ1) is 14.6. The molecule has 0 aliphatic heterocycles. The second-order valence-corrected chi connectivity index (χ2v) is 6.64. The van der Waals surface area contributed by atoms with Crippen LogP contribution in [0, 0.1) is 0 Å². The highest BCUT2D eigenvalue weighted by Gasteiger charge is 2.31. The fourth-order valence-electron chi connectivity index (χ4n) is 2.75. The molecule has 0 radical (unpaired) electrons. The van der Waals surface area contributed by atoms with Crippen LogP contribution in [0.4, 0.5) is 29.3 Å². The standard InChI is InChI=1S/C19H15ClF3N5O3/c20-13-4-6-15(16(9-13)28(25)18(30)27-24)26-17(29)12-2-1-11-8-14(31-19(21,22)23)5-3-10(11)7-12/h1-9H,24-25H2,(H,26,29)(H,27,30). The molecule has 3 aromatic carbocycles. The van der Waals surface area contributed by atoms with Crippen LogP contribution in [0.5, 0.6) is 5.75 Å². The molecule has 162 valence electrons. The van der Waals surface area contributed by atoms with Gasteiger partial charge in [0.1, 0.15) is 5.75 Å². The van der Waals surface area contributed by atoms with Gasteiger partial charge < -0.3 is 10.1 Å². The van der Waals surface area contributed by atoms with E-state index in [-0.39, 0.29) is 27.7 Å². The number of urea groups is 1. The molecule has 0 fully saturated rings. The zero-order valence-corrected chi connectivity index (χ0v) is 16.3. The summed E-state index contributed by atoms with van der Waals surface area (Å²) in [4.78, 5) is 24.4. The van der Waals surface area contributed by atoms with Crippen LogP contribution >= 0.6 is 11.6 Å². The number of carbonyl (C=O) groups excluding carboxylic acids is 2. The fourth-order valence-corrected chi connectivity index (χ4v) is 2.91. The molecular weight excluding hydrogens is 439 g/mol. The molecule has 3 rings (SSSR count). The van der Waals surface area contributed by atoms with Gasteiger partial charge in [0, 0.05) is 10.6 Å². The quantitative estimate of drug-likeness (QED) is 0.271. The lowest BCUT2D eigenvalue weighted by Gasteiger charge is -2.20. The van der Waals surface area contributed by atoms with Crippen LogP contribution in [-0.2, 0) is 0 Å². The number of alkyl halides is 3. The molecule has 0 spiro atoms. The van der Waals surface area contributed by atoms with E-state index in [2.05, 4.69) is 10.1 Å². The van der Waals surface area contributed by atoms with E-state index in [0.29, 0.717) is 15.8 Å². The molecule has 3 aromatic rings. The van der Waals surface area contributed by atoms with Crippen LogP contribution in [0.2, 0.25) is 5.02 Å². The van der Waals surface area contributed by atoms with Crippen LogP contribution in [0.15, 0.2) is 54.6 Å². The van der Waals surface area contributed by atoms with Crippen molar-refractivity contribution in [3.8, 4) is 5.75 Å². The van der Waals surface area contributed by atoms with E-state index in [0.717, 1.165) is 6.07 Å². The zero-order chi connectivity index (χ0) is 22.8. The van der Waals surface area contributed by atoms with Crippen molar-refractivity contribution in [1.29, 1.82) is 0 Å². The summed E-state index contributed by atoms with van der Waals surface area (Å²) in [5, 5.41) is 4.50. The van der Waals surface area contributed by atoms with Crippen molar-refractivity contribution in [2.75, 3.05) is 10.3 Å². The molecule has 12 heteroatoms. The maximum Gasteiger partial charge on any atom is 0.573 e. The number of nitrogens with zero attached hydrogens (tertiary/aromatic N) is 1. The number of rotatable bonds is 4.